The Labute approximate surface area is 113 Å². The fraction of sp³-hybridized carbons (Fsp3) is 0.462. The van der Waals surface area contributed by atoms with Gasteiger partial charge in [-0.3, -0.25) is 4.79 Å². The molecule has 6 heteroatoms. The van der Waals surface area contributed by atoms with E-state index in [1.54, 1.807) is 11.0 Å². The summed E-state index contributed by atoms with van der Waals surface area (Å²) >= 11 is 0. The van der Waals surface area contributed by atoms with Gasteiger partial charge in [-0.25, -0.2) is 0 Å². The molecule has 1 aromatic carbocycles. The van der Waals surface area contributed by atoms with Crippen LogP contribution in [0, 0.1) is 0 Å². The van der Waals surface area contributed by atoms with Crippen molar-refractivity contribution in [1.29, 1.82) is 0 Å². The molecule has 5 nitrogen and oxygen atoms in total. The van der Waals surface area contributed by atoms with E-state index in [9.17, 15) is 9.90 Å². The van der Waals surface area contributed by atoms with E-state index < -0.39 is 0 Å². The van der Waals surface area contributed by atoms with Gasteiger partial charge in [0.1, 0.15) is 0 Å². The van der Waals surface area contributed by atoms with Crippen molar-refractivity contribution in [3.8, 4) is 0 Å². The van der Waals surface area contributed by atoms with Crippen molar-refractivity contribution >= 4 is 13.4 Å². The summed E-state index contributed by atoms with van der Waals surface area (Å²) in [5, 5.41) is 9.47. The van der Waals surface area contributed by atoms with Crippen LogP contribution in [0.2, 0.25) is 0 Å². The zero-order chi connectivity index (χ0) is 13.7. The highest BCUT2D eigenvalue weighted by molar-refractivity contribution is 6.26. The summed E-state index contributed by atoms with van der Waals surface area (Å²) in [5.74, 6) is -0.0156. The molecule has 19 heavy (non-hydrogen) atoms. The van der Waals surface area contributed by atoms with Crippen molar-refractivity contribution in [2.75, 3.05) is 19.8 Å². The number of hydrogen-bond acceptors (Lipinski definition) is 4. The molecular weight excluding hydrogens is 243 g/mol. The van der Waals surface area contributed by atoms with Crippen LogP contribution in [-0.4, -0.2) is 49.3 Å². The van der Waals surface area contributed by atoms with Gasteiger partial charge in [-0.05, 0) is 24.9 Å². The molecule has 2 rings (SSSR count). The Morgan fingerprint density at radius 1 is 1.58 bits per heavy atom. The summed E-state index contributed by atoms with van der Waals surface area (Å²) in [4.78, 5) is 13.9. The van der Waals surface area contributed by atoms with Gasteiger partial charge in [0.15, 0.2) is 0 Å². The molecule has 1 aliphatic heterocycles. The normalized spacial score (nSPS) is 18.6. The molecule has 0 saturated carbocycles. The van der Waals surface area contributed by atoms with Gasteiger partial charge < -0.3 is 20.4 Å². The summed E-state index contributed by atoms with van der Waals surface area (Å²) in [6.45, 7) is 1.27. The second-order valence-electron chi connectivity index (χ2n) is 4.72. The second kappa shape index (κ2) is 6.70. The number of carbonyl (C=O) groups excluding carboxylic acids is 1. The molecule has 0 aliphatic carbocycles. The Balaban J connectivity index is 1.99. The van der Waals surface area contributed by atoms with E-state index >= 15 is 0 Å². The molecule has 3 N–H and O–H groups in total. The van der Waals surface area contributed by atoms with E-state index in [0.29, 0.717) is 32.6 Å². The first-order chi connectivity index (χ1) is 9.20. The molecule has 1 saturated heterocycles. The third kappa shape index (κ3) is 3.80. The van der Waals surface area contributed by atoms with Gasteiger partial charge in [0.25, 0.3) is 13.4 Å². The Bertz CT molecular complexity index is 442. The molecule has 1 heterocycles. The van der Waals surface area contributed by atoms with Gasteiger partial charge in [0.2, 0.25) is 0 Å². The maximum Gasteiger partial charge on any atom is 0.281 e. The van der Waals surface area contributed by atoms with Crippen LogP contribution in [0.1, 0.15) is 22.3 Å². The molecule has 1 aromatic rings. The summed E-state index contributed by atoms with van der Waals surface area (Å²) in [5.41, 5.74) is 6.98. The maximum absolute atomic E-state index is 12.2. The SMILES string of the molecule is NCOBCc1cccc(C(=O)N2CC[C@@H](O)C2)c1. The molecule has 0 unspecified atom stereocenters. The van der Waals surface area contributed by atoms with Gasteiger partial charge in [-0.15, -0.1) is 0 Å². The average molecular weight is 262 g/mol. The minimum absolute atomic E-state index is 0.0156. The molecule has 0 bridgehead atoms. The Hall–Kier alpha value is -1.37. The van der Waals surface area contributed by atoms with Crippen LogP contribution < -0.4 is 5.73 Å². The summed E-state index contributed by atoms with van der Waals surface area (Å²) in [6, 6.07) is 7.53. The van der Waals surface area contributed by atoms with Crippen LogP contribution in [0.4, 0.5) is 0 Å². The van der Waals surface area contributed by atoms with E-state index in [-0.39, 0.29) is 18.7 Å². The number of nitrogens with zero attached hydrogens (tertiary/aromatic N) is 1. The number of β-amino-alcohol motifs (C(OH)–C–C–N with tert-alkyl or cyclic N) is 1. The smallest absolute Gasteiger partial charge is 0.281 e. The lowest BCUT2D eigenvalue weighted by molar-refractivity contribution is 0.0765. The first-order valence-electron chi connectivity index (χ1n) is 6.55. The lowest BCUT2D eigenvalue weighted by Gasteiger charge is -2.16. The van der Waals surface area contributed by atoms with Crippen molar-refractivity contribution in [2.24, 2.45) is 5.73 Å². The summed E-state index contributed by atoms with van der Waals surface area (Å²) in [6.07, 6.45) is 1.02. The third-order valence-corrected chi connectivity index (χ3v) is 3.28. The van der Waals surface area contributed by atoms with Crippen molar-refractivity contribution in [1.82, 2.24) is 4.90 Å². The number of benzene rings is 1. The van der Waals surface area contributed by atoms with Crippen LogP contribution in [0.3, 0.4) is 0 Å². The molecule has 0 radical (unpaired) electrons. The molecule has 102 valence electrons. The molecule has 0 spiro atoms. The minimum atomic E-state index is -0.384. The van der Waals surface area contributed by atoms with Gasteiger partial charge in [-0.1, -0.05) is 17.7 Å². The number of aliphatic hydroxyl groups excluding tert-OH is 1. The molecule has 1 atom stereocenters. The van der Waals surface area contributed by atoms with Crippen molar-refractivity contribution in [3.05, 3.63) is 35.4 Å². The van der Waals surface area contributed by atoms with Gasteiger partial charge in [-0.2, -0.15) is 0 Å². The van der Waals surface area contributed by atoms with Crippen LogP contribution in [0.15, 0.2) is 24.3 Å². The summed E-state index contributed by atoms with van der Waals surface area (Å²) < 4.78 is 5.10. The van der Waals surface area contributed by atoms with Crippen molar-refractivity contribution in [3.63, 3.8) is 0 Å². The van der Waals surface area contributed by atoms with E-state index in [2.05, 4.69) is 0 Å². The standard InChI is InChI=1S/C13H19BN2O3/c15-9-19-14-7-10-2-1-3-11(6-10)13(18)16-5-4-12(17)8-16/h1-3,6,12,14,17H,4-5,7-9,15H2/t12-/m1/s1. The molecular formula is C13H19BN2O3. The minimum Gasteiger partial charge on any atom is -0.427 e. The number of rotatable bonds is 5. The number of nitrogens with two attached hydrogens (primary N) is 1. The predicted molar refractivity (Wildman–Crippen MR) is 74.0 cm³/mol. The van der Waals surface area contributed by atoms with Crippen molar-refractivity contribution < 1.29 is 14.6 Å². The van der Waals surface area contributed by atoms with Crippen molar-refractivity contribution in [2.45, 2.75) is 18.8 Å². The van der Waals surface area contributed by atoms with Crippen LogP contribution in [-0.2, 0) is 11.0 Å². The first kappa shape index (κ1) is 14.1. The monoisotopic (exact) mass is 262 g/mol. The van der Waals surface area contributed by atoms with Crippen LogP contribution in [0.5, 0.6) is 0 Å². The Morgan fingerprint density at radius 3 is 3.11 bits per heavy atom. The van der Waals surface area contributed by atoms with Crippen LogP contribution >= 0.6 is 0 Å². The number of hydrogen-bond donors (Lipinski definition) is 2. The molecule has 0 aromatic heterocycles. The topological polar surface area (TPSA) is 75.8 Å². The molecule has 1 aliphatic rings. The quantitative estimate of drug-likeness (QED) is 0.433. The van der Waals surface area contributed by atoms with E-state index in [1.807, 2.05) is 18.2 Å². The van der Waals surface area contributed by atoms with E-state index in [0.717, 1.165) is 11.9 Å². The fourth-order valence-electron chi connectivity index (χ4n) is 2.24. The lowest BCUT2D eigenvalue weighted by atomic mass is 9.89. The van der Waals surface area contributed by atoms with Gasteiger partial charge >= 0.3 is 0 Å². The third-order valence-electron chi connectivity index (χ3n) is 3.28. The van der Waals surface area contributed by atoms with Gasteiger partial charge in [0.05, 0.1) is 12.8 Å². The maximum atomic E-state index is 12.2. The fourth-order valence-corrected chi connectivity index (χ4v) is 2.24. The highest BCUT2D eigenvalue weighted by atomic mass is 16.4. The number of aliphatic hydroxyl groups is 1. The second-order valence-corrected chi connectivity index (χ2v) is 4.72. The highest BCUT2D eigenvalue weighted by Crippen LogP contribution is 2.14. The number of amides is 1. The average Bonchev–Trinajstić information content (AvgIpc) is 2.85. The molecule has 1 amide bonds. The largest absolute Gasteiger partial charge is 0.427 e. The highest BCUT2D eigenvalue weighted by Gasteiger charge is 2.25. The summed E-state index contributed by atoms with van der Waals surface area (Å²) in [7, 11) is 0.552. The predicted octanol–water partition coefficient (Wildman–Crippen LogP) is -0.322. The number of likely N-dealkylation sites (tertiary alicyclic amines) is 1. The first-order valence-corrected chi connectivity index (χ1v) is 6.55. The lowest BCUT2D eigenvalue weighted by Crippen LogP contribution is -2.29. The Kier molecular flexibility index (Phi) is 4.96. The van der Waals surface area contributed by atoms with E-state index in [4.69, 9.17) is 10.4 Å². The number of carbonyl (C=O) groups is 1. The zero-order valence-corrected chi connectivity index (χ0v) is 10.9. The van der Waals surface area contributed by atoms with Crippen LogP contribution in [0.25, 0.3) is 0 Å². The van der Waals surface area contributed by atoms with Gasteiger partial charge in [0, 0.05) is 18.7 Å². The zero-order valence-electron chi connectivity index (χ0n) is 10.9. The van der Waals surface area contributed by atoms with E-state index in [1.165, 1.54) is 0 Å². The molecule has 1 fully saturated rings. The Morgan fingerprint density at radius 2 is 2.42 bits per heavy atom.